The van der Waals surface area contributed by atoms with Gasteiger partial charge in [0.05, 0.1) is 21.8 Å². The first kappa shape index (κ1) is 18.3. The van der Waals surface area contributed by atoms with Gasteiger partial charge in [-0.3, -0.25) is 0 Å². The minimum Gasteiger partial charge on any atom is -0.381 e. The molecule has 1 aliphatic carbocycles. The van der Waals surface area contributed by atoms with Gasteiger partial charge in [-0.2, -0.15) is 5.10 Å². The molecule has 1 aromatic carbocycles. The Balaban J connectivity index is 1.54. The molecule has 2 aromatic heterocycles. The zero-order chi connectivity index (χ0) is 19.3. The summed E-state index contributed by atoms with van der Waals surface area (Å²) in [5, 5.41) is 9.84. The maximum absolute atomic E-state index is 13.3. The van der Waals surface area contributed by atoms with Crippen molar-refractivity contribution < 1.29 is 9.13 Å². The first-order valence-corrected chi connectivity index (χ1v) is 10.4. The van der Waals surface area contributed by atoms with Crippen molar-refractivity contribution in [2.75, 3.05) is 11.9 Å². The molecular formula is C20H21Cl2FN4O. The van der Waals surface area contributed by atoms with Crippen molar-refractivity contribution in [1.29, 1.82) is 0 Å². The number of aromatic nitrogens is 3. The van der Waals surface area contributed by atoms with Gasteiger partial charge in [-0.1, -0.05) is 23.2 Å². The minimum absolute atomic E-state index is 0.0141. The van der Waals surface area contributed by atoms with Crippen LogP contribution in [-0.2, 0) is 4.74 Å². The van der Waals surface area contributed by atoms with Gasteiger partial charge in [0.15, 0.2) is 0 Å². The lowest BCUT2D eigenvalue weighted by Crippen LogP contribution is -2.36. The summed E-state index contributed by atoms with van der Waals surface area (Å²) in [4.78, 5) is 3.24. The van der Waals surface area contributed by atoms with E-state index in [1.54, 1.807) is 0 Å². The molecule has 0 bridgehead atoms. The van der Waals surface area contributed by atoms with Crippen molar-refractivity contribution in [3.8, 4) is 11.1 Å². The number of ether oxygens (including phenoxy) is 1. The second-order valence-corrected chi connectivity index (χ2v) is 8.40. The lowest BCUT2D eigenvalue weighted by molar-refractivity contribution is -0.0394. The fourth-order valence-electron chi connectivity index (χ4n) is 4.05. The number of anilines is 1. The number of rotatable bonds is 4. The van der Waals surface area contributed by atoms with E-state index in [1.165, 1.54) is 0 Å². The van der Waals surface area contributed by atoms with Gasteiger partial charge in [0.2, 0.25) is 0 Å². The maximum Gasteiger partial charge on any atom is 0.150 e. The lowest BCUT2D eigenvalue weighted by atomic mass is 9.90. The highest BCUT2D eigenvalue weighted by atomic mass is 35.5. The Morgan fingerprint density at radius 3 is 2.89 bits per heavy atom. The molecular weight excluding hydrogens is 402 g/mol. The third kappa shape index (κ3) is 3.17. The smallest absolute Gasteiger partial charge is 0.150 e. The summed E-state index contributed by atoms with van der Waals surface area (Å²) in [6.45, 7) is 0.770. The van der Waals surface area contributed by atoms with Crippen LogP contribution in [0.25, 0.3) is 22.0 Å². The molecule has 3 aromatic rings. The van der Waals surface area contributed by atoms with Crippen LogP contribution in [0.3, 0.4) is 0 Å². The molecule has 8 heteroatoms. The summed E-state index contributed by atoms with van der Waals surface area (Å²) in [5.74, 6) is 0. The van der Waals surface area contributed by atoms with E-state index in [-0.39, 0.29) is 12.3 Å². The van der Waals surface area contributed by atoms with E-state index < -0.39 is 6.17 Å². The van der Waals surface area contributed by atoms with Crippen LogP contribution in [0.15, 0.2) is 24.7 Å². The number of halogens is 3. The molecule has 28 heavy (non-hydrogen) atoms. The number of fused-ring (bicyclic) bond motifs is 1. The fourth-order valence-corrected chi connectivity index (χ4v) is 4.46. The zero-order valence-electron chi connectivity index (χ0n) is 15.2. The number of aromatic amines is 1. The van der Waals surface area contributed by atoms with Crippen molar-refractivity contribution in [2.45, 2.75) is 50.5 Å². The highest BCUT2D eigenvalue weighted by molar-refractivity contribution is 6.46. The summed E-state index contributed by atoms with van der Waals surface area (Å²) in [7, 11) is 0. The normalized spacial score (nSPS) is 25.0. The van der Waals surface area contributed by atoms with Crippen molar-refractivity contribution in [1.82, 2.24) is 14.8 Å². The molecule has 2 aliphatic rings. The van der Waals surface area contributed by atoms with Gasteiger partial charge in [-0.15, -0.1) is 0 Å². The van der Waals surface area contributed by atoms with Crippen LogP contribution >= 0.6 is 23.2 Å². The summed E-state index contributed by atoms with van der Waals surface area (Å²) in [6.07, 6.45) is 9.26. The number of nitrogens with one attached hydrogen (secondary N) is 2. The number of hydrogen-bond acceptors (Lipinski definition) is 3. The lowest BCUT2D eigenvalue weighted by Gasteiger charge is -2.31. The molecule has 2 N–H and O–H groups in total. The first-order valence-electron chi connectivity index (χ1n) is 9.66. The number of nitrogens with zero attached hydrogens (tertiary/aromatic N) is 2. The van der Waals surface area contributed by atoms with Crippen LogP contribution in [0.4, 0.5) is 10.1 Å². The monoisotopic (exact) mass is 422 g/mol. The number of H-pyrrole nitrogens is 1. The van der Waals surface area contributed by atoms with Crippen molar-refractivity contribution in [2.24, 2.45) is 0 Å². The molecule has 1 aliphatic heterocycles. The Kier molecular flexibility index (Phi) is 4.73. The van der Waals surface area contributed by atoms with E-state index in [0.717, 1.165) is 53.6 Å². The predicted molar refractivity (Wildman–Crippen MR) is 110 cm³/mol. The van der Waals surface area contributed by atoms with Crippen LogP contribution in [-0.4, -0.2) is 33.6 Å². The van der Waals surface area contributed by atoms with E-state index in [2.05, 4.69) is 15.4 Å². The molecule has 0 amide bonds. The van der Waals surface area contributed by atoms with E-state index >= 15 is 0 Å². The minimum atomic E-state index is -0.727. The molecule has 5 nitrogen and oxygen atoms in total. The number of hydrogen-bond donors (Lipinski definition) is 2. The van der Waals surface area contributed by atoms with Crippen LogP contribution in [0.5, 0.6) is 0 Å². The highest BCUT2D eigenvalue weighted by Gasteiger charge is 2.30. The molecule has 0 spiro atoms. The van der Waals surface area contributed by atoms with E-state index in [1.807, 2.05) is 29.3 Å². The Morgan fingerprint density at radius 1 is 1.29 bits per heavy atom. The van der Waals surface area contributed by atoms with Gasteiger partial charge in [-0.05, 0) is 38.2 Å². The van der Waals surface area contributed by atoms with Gasteiger partial charge in [0.1, 0.15) is 12.4 Å². The van der Waals surface area contributed by atoms with Crippen LogP contribution < -0.4 is 5.32 Å². The third-order valence-electron chi connectivity index (χ3n) is 5.65. The summed E-state index contributed by atoms with van der Waals surface area (Å²) in [6, 6.07) is 1.93. The topological polar surface area (TPSA) is 54.9 Å². The Morgan fingerprint density at radius 2 is 2.14 bits per heavy atom. The standard InChI is InChI=1S/C20H21Cl2FN4O/c21-15-7-16(26-13-5-12(23)6-13)18-14(9-24-20(18)19(15)22)11-8-25-27(10-11)17-3-1-2-4-28-17/h7-10,12-13,17,24,26H,1-6H2. The van der Waals surface area contributed by atoms with Crippen molar-refractivity contribution in [3.63, 3.8) is 0 Å². The molecule has 2 fully saturated rings. The summed E-state index contributed by atoms with van der Waals surface area (Å²) < 4.78 is 21.0. The zero-order valence-corrected chi connectivity index (χ0v) is 16.7. The maximum atomic E-state index is 13.3. The second kappa shape index (κ2) is 7.25. The highest BCUT2D eigenvalue weighted by Crippen LogP contribution is 2.42. The summed E-state index contributed by atoms with van der Waals surface area (Å²) >= 11 is 12.8. The molecule has 5 rings (SSSR count). The van der Waals surface area contributed by atoms with E-state index in [4.69, 9.17) is 27.9 Å². The third-order valence-corrected chi connectivity index (χ3v) is 6.44. The van der Waals surface area contributed by atoms with Gasteiger partial charge < -0.3 is 15.0 Å². The van der Waals surface area contributed by atoms with Gasteiger partial charge in [-0.25, -0.2) is 9.07 Å². The number of alkyl halides is 1. The Bertz CT molecular complexity index is 1010. The van der Waals surface area contributed by atoms with Crippen LogP contribution in [0, 0.1) is 0 Å². The molecule has 0 radical (unpaired) electrons. The SMILES string of the molecule is FC1CC(Nc2cc(Cl)c(Cl)c3[nH]cc(-c4cnn(C5CCCCO5)c4)c23)C1. The first-order chi connectivity index (χ1) is 13.6. The molecule has 1 saturated carbocycles. The van der Waals surface area contributed by atoms with E-state index in [0.29, 0.717) is 22.9 Å². The number of benzene rings is 1. The average Bonchev–Trinajstić information content (AvgIpc) is 3.32. The van der Waals surface area contributed by atoms with Gasteiger partial charge in [0, 0.05) is 47.2 Å². The Hall–Kier alpha value is -1.76. The van der Waals surface area contributed by atoms with E-state index in [9.17, 15) is 4.39 Å². The average molecular weight is 423 g/mol. The second-order valence-electron chi connectivity index (χ2n) is 7.61. The van der Waals surface area contributed by atoms with Gasteiger partial charge in [0.25, 0.3) is 0 Å². The fraction of sp³-hybridized carbons (Fsp3) is 0.450. The van der Waals surface area contributed by atoms with Crippen molar-refractivity contribution >= 4 is 39.8 Å². The van der Waals surface area contributed by atoms with Crippen LogP contribution in [0.2, 0.25) is 10.0 Å². The summed E-state index contributed by atoms with van der Waals surface area (Å²) in [5.41, 5.74) is 3.58. The quantitative estimate of drug-likeness (QED) is 0.545. The predicted octanol–water partition coefficient (Wildman–Crippen LogP) is 5.95. The van der Waals surface area contributed by atoms with Gasteiger partial charge >= 0.3 is 0 Å². The molecule has 1 atom stereocenters. The Labute approximate surface area is 172 Å². The molecule has 3 heterocycles. The largest absolute Gasteiger partial charge is 0.381 e. The molecule has 1 unspecified atom stereocenters. The van der Waals surface area contributed by atoms with Crippen molar-refractivity contribution in [3.05, 3.63) is 34.7 Å². The van der Waals surface area contributed by atoms with Crippen LogP contribution in [0.1, 0.15) is 38.3 Å². The molecule has 1 saturated heterocycles. The molecule has 148 valence electrons.